The molecule has 1 N–H and O–H groups in total. The van der Waals surface area contributed by atoms with Gasteiger partial charge in [0, 0.05) is 12.5 Å². The summed E-state index contributed by atoms with van der Waals surface area (Å²) in [6, 6.07) is 4.71. The van der Waals surface area contributed by atoms with Gasteiger partial charge in [0.05, 0.1) is 12.2 Å². The molecule has 3 rings (SSSR count). The summed E-state index contributed by atoms with van der Waals surface area (Å²) in [5.74, 6) is 1.05. The molecule has 1 aromatic heterocycles. The number of nitrogens with one attached hydrogen (secondary N) is 1. The van der Waals surface area contributed by atoms with Gasteiger partial charge in [-0.3, -0.25) is 9.36 Å². The molecule has 1 unspecified atom stereocenters. The molecule has 1 aliphatic heterocycles. The highest BCUT2D eigenvalue weighted by atomic mass is 19.4. The van der Waals surface area contributed by atoms with E-state index in [1.165, 1.54) is 12.1 Å². The molecule has 0 fully saturated rings. The van der Waals surface area contributed by atoms with Gasteiger partial charge in [0.25, 0.3) is 0 Å². The van der Waals surface area contributed by atoms with Crippen molar-refractivity contribution in [3.8, 4) is 0 Å². The van der Waals surface area contributed by atoms with Gasteiger partial charge in [0.1, 0.15) is 18.0 Å². The highest BCUT2D eigenvalue weighted by Crippen LogP contribution is 2.30. The maximum atomic E-state index is 12.9. The van der Waals surface area contributed by atoms with Crippen molar-refractivity contribution in [1.29, 1.82) is 0 Å². The minimum absolute atomic E-state index is 0.0754. The molecular formula is C18H21F3N4O2. The van der Waals surface area contributed by atoms with Crippen LogP contribution in [0.3, 0.4) is 0 Å². The van der Waals surface area contributed by atoms with E-state index in [1.807, 2.05) is 18.4 Å². The van der Waals surface area contributed by atoms with Crippen LogP contribution >= 0.6 is 0 Å². The van der Waals surface area contributed by atoms with Gasteiger partial charge >= 0.3 is 6.18 Å². The summed E-state index contributed by atoms with van der Waals surface area (Å²) in [6.45, 7) is 6.23. The van der Waals surface area contributed by atoms with E-state index in [-0.39, 0.29) is 31.6 Å². The first-order chi connectivity index (χ1) is 12.6. The lowest BCUT2D eigenvalue weighted by Crippen LogP contribution is -2.53. The van der Waals surface area contributed by atoms with E-state index in [0.29, 0.717) is 17.2 Å². The molecule has 0 bridgehead atoms. The standard InChI is InChI=1S/C18H21F3N4O2/c1-11(2)15-24-23-14-9-27-10-17(3,25(14)15)16(26)22-8-12-4-6-13(7-5-12)18(19,20)21/h4-7,11H,8-10H2,1-3H3,(H,22,26). The van der Waals surface area contributed by atoms with Crippen LogP contribution in [-0.4, -0.2) is 27.3 Å². The fourth-order valence-corrected chi connectivity index (χ4v) is 3.09. The van der Waals surface area contributed by atoms with E-state index in [2.05, 4.69) is 15.5 Å². The summed E-state index contributed by atoms with van der Waals surface area (Å²) in [7, 11) is 0. The van der Waals surface area contributed by atoms with Gasteiger partial charge in [-0.05, 0) is 24.6 Å². The number of benzene rings is 1. The van der Waals surface area contributed by atoms with E-state index < -0.39 is 17.3 Å². The van der Waals surface area contributed by atoms with E-state index in [1.54, 1.807) is 6.92 Å². The summed E-state index contributed by atoms with van der Waals surface area (Å²) >= 11 is 0. The quantitative estimate of drug-likeness (QED) is 0.883. The van der Waals surface area contributed by atoms with Crippen molar-refractivity contribution in [3.05, 3.63) is 47.0 Å². The molecule has 1 aliphatic rings. The Hall–Kier alpha value is -2.42. The van der Waals surface area contributed by atoms with Crippen molar-refractivity contribution >= 4 is 5.91 Å². The second-order valence-corrected chi connectivity index (χ2v) is 7.11. The lowest BCUT2D eigenvalue weighted by atomic mass is 9.98. The SMILES string of the molecule is CC(C)c1nnc2n1C(C)(C(=O)NCc1ccc(C(F)(F)F)cc1)COC2. The second kappa shape index (κ2) is 6.95. The van der Waals surface area contributed by atoms with Crippen molar-refractivity contribution in [2.24, 2.45) is 0 Å². The van der Waals surface area contributed by atoms with Crippen molar-refractivity contribution in [2.45, 2.75) is 51.6 Å². The normalized spacial score (nSPS) is 19.8. The molecule has 27 heavy (non-hydrogen) atoms. The van der Waals surface area contributed by atoms with Crippen LogP contribution in [0.25, 0.3) is 0 Å². The van der Waals surface area contributed by atoms with Crippen LogP contribution < -0.4 is 5.32 Å². The number of hydrogen-bond donors (Lipinski definition) is 1. The van der Waals surface area contributed by atoms with Crippen LogP contribution in [0.5, 0.6) is 0 Å². The predicted octanol–water partition coefficient (Wildman–Crippen LogP) is 2.98. The summed E-state index contributed by atoms with van der Waals surface area (Å²) in [6.07, 6.45) is -4.38. The van der Waals surface area contributed by atoms with Crippen LogP contribution in [0.1, 0.15) is 49.5 Å². The van der Waals surface area contributed by atoms with Crippen LogP contribution in [-0.2, 0) is 34.4 Å². The number of fused-ring (bicyclic) bond motifs is 1. The van der Waals surface area contributed by atoms with E-state index in [4.69, 9.17) is 4.74 Å². The molecular weight excluding hydrogens is 361 g/mol. The summed E-state index contributed by atoms with van der Waals surface area (Å²) in [5, 5.41) is 11.1. The van der Waals surface area contributed by atoms with Crippen molar-refractivity contribution in [1.82, 2.24) is 20.1 Å². The highest BCUT2D eigenvalue weighted by molar-refractivity contribution is 5.84. The minimum Gasteiger partial charge on any atom is -0.370 e. The number of halogens is 3. The molecule has 1 atom stereocenters. The Bertz CT molecular complexity index is 830. The third-order valence-corrected chi connectivity index (χ3v) is 4.60. The fourth-order valence-electron chi connectivity index (χ4n) is 3.09. The molecule has 0 saturated heterocycles. The van der Waals surface area contributed by atoms with E-state index in [0.717, 1.165) is 12.1 Å². The Morgan fingerprint density at radius 1 is 1.30 bits per heavy atom. The number of carbonyl (C=O) groups is 1. The maximum Gasteiger partial charge on any atom is 0.416 e. The molecule has 146 valence electrons. The van der Waals surface area contributed by atoms with Crippen LogP contribution in [0.2, 0.25) is 0 Å². The molecule has 0 spiro atoms. The number of alkyl halides is 3. The fraction of sp³-hybridized carbons (Fsp3) is 0.500. The summed E-state index contributed by atoms with van der Waals surface area (Å²) in [5.41, 5.74) is -1.17. The number of rotatable bonds is 4. The number of nitrogens with zero attached hydrogens (tertiary/aromatic N) is 3. The van der Waals surface area contributed by atoms with Crippen LogP contribution in [0, 0.1) is 0 Å². The number of carbonyl (C=O) groups excluding carboxylic acids is 1. The van der Waals surface area contributed by atoms with E-state index >= 15 is 0 Å². The predicted molar refractivity (Wildman–Crippen MR) is 90.7 cm³/mol. The molecule has 1 aromatic carbocycles. The first-order valence-corrected chi connectivity index (χ1v) is 8.60. The van der Waals surface area contributed by atoms with Crippen LogP contribution in [0.4, 0.5) is 13.2 Å². The average Bonchev–Trinajstić information content (AvgIpc) is 3.05. The number of aromatic nitrogens is 3. The van der Waals surface area contributed by atoms with Gasteiger partial charge < -0.3 is 10.1 Å². The lowest BCUT2D eigenvalue weighted by molar-refractivity contribution is -0.138. The maximum absolute atomic E-state index is 12.9. The van der Waals surface area contributed by atoms with Gasteiger partial charge in [-0.15, -0.1) is 10.2 Å². The molecule has 2 aromatic rings. The molecule has 6 nitrogen and oxygen atoms in total. The molecule has 0 radical (unpaired) electrons. The molecule has 1 amide bonds. The Labute approximate surface area is 154 Å². The Morgan fingerprint density at radius 2 is 1.96 bits per heavy atom. The van der Waals surface area contributed by atoms with Gasteiger partial charge in [-0.1, -0.05) is 26.0 Å². The summed E-state index contributed by atoms with van der Waals surface area (Å²) < 4.78 is 45.3. The zero-order chi connectivity index (χ0) is 19.8. The smallest absolute Gasteiger partial charge is 0.370 e. The van der Waals surface area contributed by atoms with Gasteiger partial charge in [-0.25, -0.2) is 0 Å². The molecule has 0 saturated carbocycles. The number of ether oxygens (including phenoxy) is 1. The molecule has 0 aliphatic carbocycles. The first-order valence-electron chi connectivity index (χ1n) is 8.60. The Balaban J connectivity index is 1.76. The zero-order valence-electron chi connectivity index (χ0n) is 15.3. The largest absolute Gasteiger partial charge is 0.416 e. The molecule has 2 heterocycles. The van der Waals surface area contributed by atoms with Gasteiger partial charge in [0.15, 0.2) is 5.82 Å². The van der Waals surface area contributed by atoms with Crippen molar-refractivity contribution < 1.29 is 22.7 Å². The van der Waals surface area contributed by atoms with Gasteiger partial charge in [-0.2, -0.15) is 13.2 Å². The lowest BCUT2D eigenvalue weighted by Gasteiger charge is -2.35. The van der Waals surface area contributed by atoms with Crippen molar-refractivity contribution in [3.63, 3.8) is 0 Å². The second-order valence-electron chi connectivity index (χ2n) is 7.11. The topological polar surface area (TPSA) is 69.0 Å². The number of amides is 1. The highest BCUT2D eigenvalue weighted by Gasteiger charge is 2.42. The van der Waals surface area contributed by atoms with Gasteiger partial charge in [0.2, 0.25) is 5.91 Å². The average molecular weight is 382 g/mol. The third kappa shape index (κ3) is 3.69. The minimum atomic E-state index is -4.38. The Morgan fingerprint density at radius 3 is 2.56 bits per heavy atom. The zero-order valence-corrected chi connectivity index (χ0v) is 15.3. The first kappa shape index (κ1) is 19.3. The summed E-state index contributed by atoms with van der Waals surface area (Å²) in [4.78, 5) is 12.9. The third-order valence-electron chi connectivity index (χ3n) is 4.60. The monoisotopic (exact) mass is 382 g/mol. The van der Waals surface area contributed by atoms with Crippen molar-refractivity contribution in [2.75, 3.05) is 6.61 Å². The molecule has 9 heteroatoms. The Kier molecular flexibility index (Phi) is 4.98. The van der Waals surface area contributed by atoms with Crippen LogP contribution in [0.15, 0.2) is 24.3 Å². The van der Waals surface area contributed by atoms with E-state index in [9.17, 15) is 18.0 Å². The number of hydrogen-bond acceptors (Lipinski definition) is 4.